The maximum atomic E-state index is 8.18. The number of allylic oxidation sites excluding steroid dienone is 6. The predicted octanol–water partition coefficient (Wildman–Crippen LogP) is 1.89. The molecule has 0 aromatic carbocycles. The van der Waals surface area contributed by atoms with Crippen LogP contribution in [-0.2, 0) is 0 Å². The molecule has 0 aromatic heterocycles. The second-order valence-electron chi connectivity index (χ2n) is 2.10. The number of nitrogens with zero attached hydrogens (tertiary/aromatic N) is 1. The lowest BCUT2D eigenvalue weighted by Crippen LogP contribution is -1.81. The molecule has 0 heterocycles. The van der Waals surface area contributed by atoms with Crippen molar-refractivity contribution < 1.29 is 5.21 Å². The van der Waals surface area contributed by atoms with E-state index < -0.39 is 0 Å². The van der Waals surface area contributed by atoms with Crippen molar-refractivity contribution >= 4 is 6.21 Å². The molecule has 2 heteroatoms. The summed E-state index contributed by atoms with van der Waals surface area (Å²) in [6.45, 7) is 1.90. The highest BCUT2D eigenvalue weighted by molar-refractivity contribution is 5.80. The molecule has 0 bridgehead atoms. The van der Waals surface area contributed by atoms with Gasteiger partial charge in [-0.15, -0.1) is 0 Å². The van der Waals surface area contributed by atoms with Crippen molar-refractivity contribution in [3.05, 3.63) is 35.5 Å². The summed E-state index contributed by atoms with van der Waals surface area (Å²) < 4.78 is 0. The molecule has 0 aliphatic heterocycles. The number of hydrogen-bond donors (Lipinski definition) is 1. The Bertz CT molecular complexity index is 220. The standard InChI is InChI=1S/C8H9NO/c1-7(6-9-10)8-4-2-3-5-8/h2-6,10H,1H3/b9-6+. The van der Waals surface area contributed by atoms with Gasteiger partial charge in [-0.3, -0.25) is 0 Å². The predicted molar refractivity (Wildman–Crippen MR) is 41.3 cm³/mol. The van der Waals surface area contributed by atoms with Crippen molar-refractivity contribution in [2.75, 3.05) is 0 Å². The van der Waals surface area contributed by atoms with Gasteiger partial charge in [0.1, 0.15) is 0 Å². The van der Waals surface area contributed by atoms with E-state index in [1.807, 2.05) is 31.2 Å². The summed E-state index contributed by atoms with van der Waals surface area (Å²) in [5, 5.41) is 11.1. The third-order valence-corrected chi connectivity index (χ3v) is 1.37. The third-order valence-electron chi connectivity index (χ3n) is 1.37. The van der Waals surface area contributed by atoms with Crippen molar-refractivity contribution in [3.8, 4) is 0 Å². The van der Waals surface area contributed by atoms with Crippen LogP contribution in [0.25, 0.3) is 0 Å². The van der Waals surface area contributed by atoms with E-state index in [-0.39, 0.29) is 0 Å². The van der Waals surface area contributed by atoms with E-state index in [1.165, 1.54) is 6.21 Å². The Morgan fingerprint density at radius 1 is 1.50 bits per heavy atom. The molecule has 0 fully saturated rings. The minimum absolute atomic E-state index is 0.965. The fourth-order valence-electron chi connectivity index (χ4n) is 0.798. The molecule has 0 atom stereocenters. The minimum Gasteiger partial charge on any atom is -0.411 e. The SMILES string of the molecule is CC(/C=N/O)=C1C=CC=C1. The van der Waals surface area contributed by atoms with Crippen LogP contribution < -0.4 is 0 Å². The summed E-state index contributed by atoms with van der Waals surface area (Å²) in [6.07, 6.45) is 9.26. The van der Waals surface area contributed by atoms with E-state index in [2.05, 4.69) is 5.16 Å². The van der Waals surface area contributed by atoms with Gasteiger partial charge in [-0.1, -0.05) is 29.5 Å². The molecular weight excluding hydrogens is 126 g/mol. The third kappa shape index (κ3) is 1.35. The van der Waals surface area contributed by atoms with Crippen LogP contribution in [0.4, 0.5) is 0 Å². The molecule has 0 saturated carbocycles. The van der Waals surface area contributed by atoms with E-state index in [4.69, 9.17) is 5.21 Å². The Morgan fingerprint density at radius 2 is 2.10 bits per heavy atom. The largest absolute Gasteiger partial charge is 0.411 e. The van der Waals surface area contributed by atoms with Crippen LogP contribution >= 0.6 is 0 Å². The molecule has 0 spiro atoms. The number of hydrogen-bond acceptors (Lipinski definition) is 2. The molecule has 1 aliphatic carbocycles. The first kappa shape index (κ1) is 6.81. The van der Waals surface area contributed by atoms with E-state index in [9.17, 15) is 0 Å². The van der Waals surface area contributed by atoms with Gasteiger partial charge in [0.2, 0.25) is 0 Å². The first-order chi connectivity index (χ1) is 4.84. The van der Waals surface area contributed by atoms with E-state index in [1.54, 1.807) is 0 Å². The van der Waals surface area contributed by atoms with Crippen LogP contribution in [0.15, 0.2) is 40.6 Å². The first-order valence-corrected chi connectivity index (χ1v) is 3.07. The summed E-state index contributed by atoms with van der Waals surface area (Å²) >= 11 is 0. The van der Waals surface area contributed by atoms with Gasteiger partial charge in [0.15, 0.2) is 0 Å². The van der Waals surface area contributed by atoms with Crippen LogP contribution in [-0.4, -0.2) is 11.4 Å². The van der Waals surface area contributed by atoms with Gasteiger partial charge in [0, 0.05) is 0 Å². The second kappa shape index (κ2) is 3.01. The molecule has 52 valence electrons. The maximum Gasteiger partial charge on any atom is 0.0696 e. The molecule has 0 unspecified atom stereocenters. The minimum atomic E-state index is 0.965. The van der Waals surface area contributed by atoms with E-state index >= 15 is 0 Å². The smallest absolute Gasteiger partial charge is 0.0696 e. The zero-order valence-corrected chi connectivity index (χ0v) is 5.78. The van der Waals surface area contributed by atoms with E-state index in [0.717, 1.165) is 11.1 Å². The van der Waals surface area contributed by atoms with Crippen molar-refractivity contribution in [2.45, 2.75) is 6.92 Å². The molecule has 0 aromatic rings. The van der Waals surface area contributed by atoms with Crippen molar-refractivity contribution in [2.24, 2.45) is 5.16 Å². The molecular formula is C8H9NO. The van der Waals surface area contributed by atoms with Crippen molar-refractivity contribution in [3.63, 3.8) is 0 Å². The molecule has 10 heavy (non-hydrogen) atoms. The fraction of sp³-hybridized carbons (Fsp3) is 0.125. The highest BCUT2D eigenvalue weighted by Crippen LogP contribution is 2.10. The fourth-order valence-corrected chi connectivity index (χ4v) is 0.798. The second-order valence-corrected chi connectivity index (χ2v) is 2.10. The molecule has 1 N–H and O–H groups in total. The Morgan fingerprint density at radius 3 is 2.60 bits per heavy atom. The summed E-state index contributed by atoms with van der Waals surface area (Å²) in [4.78, 5) is 0. The Hall–Kier alpha value is -1.31. The molecule has 1 rings (SSSR count). The summed E-state index contributed by atoms with van der Waals surface area (Å²) in [5.74, 6) is 0. The van der Waals surface area contributed by atoms with Crippen molar-refractivity contribution in [1.29, 1.82) is 0 Å². The lowest BCUT2D eigenvalue weighted by molar-refractivity contribution is 0.321. The Kier molecular flexibility index (Phi) is 2.05. The average molecular weight is 135 g/mol. The molecule has 2 nitrogen and oxygen atoms in total. The van der Waals surface area contributed by atoms with Crippen molar-refractivity contribution in [1.82, 2.24) is 0 Å². The lowest BCUT2D eigenvalue weighted by atomic mass is 10.2. The topological polar surface area (TPSA) is 32.6 Å². The van der Waals surface area contributed by atoms with Crippen LogP contribution in [0.2, 0.25) is 0 Å². The van der Waals surface area contributed by atoms with Gasteiger partial charge in [-0.2, -0.15) is 0 Å². The molecule has 0 saturated heterocycles. The Balaban J connectivity index is 2.85. The molecule has 0 radical (unpaired) electrons. The van der Waals surface area contributed by atoms with Gasteiger partial charge >= 0.3 is 0 Å². The van der Waals surface area contributed by atoms with Gasteiger partial charge in [0.05, 0.1) is 6.21 Å². The highest BCUT2D eigenvalue weighted by Gasteiger charge is 1.94. The van der Waals surface area contributed by atoms with Gasteiger partial charge in [0.25, 0.3) is 0 Å². The number of oxime groups is 1. The van der Waals surface area contributed by atoms with Crippen LogP contribution in [0.5, 0.6) is 0 Å². The summed E-state index contributed by atoms with van der Waals surface area (Å²) in [7, 11) is 0. The highest BCUT2D eigenvalue weighted by atomic mass is 16.4. The van der Waals surface area contributed by atoms with Crippen LogP contribution in [0.3, 0.4) is 0 Å². The summed E-state index contributed by atoms with van der Waals surface area (Å²) in [6, 6.07) is 0. The number of rotatable bonds is 1. The normalized spacial score (nSPS) is 15.5. The zero-order chi connectivity index (χ0) is 7.40. The average Bonchev–Trinajstić information content (AvgIpc) is 2.38. The molecule has 1 aliphatic rings. The van der Waals surface area contributed by atoms with Gasteiger partial charge in [-0.25, -0.2) is 0 Å². The van der Waals surface area contributed by atoms with E-state index in [0.29, 0.717) is 0 Å². The quantitative estimate of drug-likeness (QED) is 0.332. The Labute approximate surface area is 59.9 Å². The lowest BCUT2D eigenvalue weighted by Gasteiger charge is -1.91. The van der Waals surface area contributed by atoms with Crippen LogP contribution in [0.1, 0.15) is 6.92 Å². The van der Waals surface area contributed by atoms with Gasteiger partial charge in [-0.05, 0) is 18.1 Å². The summed E-state index contributed by atoms with van der Waals surface area (Å²) in [5.41, 5.74) is 2.06. The zero-order valence-electron chi connectivity index (χ0n) is 5.78. The van der Waals surface area contributed by atoms with Crippen LogP contribution in [0, 0.1) is 0 Å². The maximum absolute atomic E-state index is 8.18. The van der Waals surface area contributed by atoms with Gasteiger partial charge < -0.3 is 5.21 Å². The molecule has 0 amide bonds. The monoisotopic (exact) mass is 135 g/mol. The first-order valence-electron chi connectivity index (χ1n) is 3.07.